The van der Waals surface area contributed by atoms with Crippen LogP contribution in [-0.4, -0.2) is 177 Å². The molecule has 8 rings (SSSR count). The van der Waals surface area contributed by atoms with E-state index in [-0.39, 0.29) is 71.9 Å². The smallest absolute Gasteiger partial charge is 0.255 e. The van der Waals surface area contributed by atoms with Gasteiger partial charge in [-0.25, -0.2) is 0 Å². The summed E-state index contributed by atoms with van der Waals surface area (Å²) in [6.45, 7) is 5.28. The number of carbonyl (C=O) groups excluding carboxylic acids is 6. The summed E-state index contributed by atoms with van der Waals surface area (Å²) in [6.07, 6.45) is -3.18. The molecular weight excluding hydrogens is 1000 g/mol. The summed E-state index contributed by atoms with van der Waals surface area (Å²) < 4.78 is 0. The molecule has 0 heterocycles. The number of aliphatic hydroxyl groups is 9. The number of phenolic OH excluding ortho intramolecular Hbond substituents is 2. The number of primary amides is 2. The van der Waals surface area contributed by atoms with E-state index in [1.165, 1.54) is 50.1 Å². The first-order chi connectivity index (χ1) is 31.1. The maximum Gasteiger partial charge on any atom is 0.255 e. The van der Waals surface area contributed by atoms with E-state index in [0.717, 1.165) is 0 Å². The number of rotatable bonds is 4. The summed E-state index contributed by atoms with van der Waals surface area (Å²) in [5.41, 5.74) is 2.94. The second-order valence-corrected chi connectivity index (χ2v) is 17.9. The number of ketones is 4. The molecule has 0 aromatic heterocycles. The minimum atomic E-state index is -2.89. The Labute approximate surface area is 424 Å². The second kappa shape index (κ2) is 21.6. The summed E-state index contributed by atoms with van der Waals surface area (Å²) in [5.74, 6) is -17.7. The fraction of sp³-hybridized carbons (Fsp3) is 0.435. The molecule has 6 aliphatic carbocycles. The number of carbonyl (C=O) groups is 6. The van der Waals surface area contributed by atoms with E-state index >= 15 is 0 Å². The quantitative estimate of drug-likeness (QED) is 0.171. The number of nitrogens with two attached hydrogens (primary N) is 2. The molecule has 0 aliphatic heterocycles. The Morgan fingerprint density at radius 2 is 0.887 bits per heavy atom. The number of hydrogen-bond acceptors (Lipinski definition) is 19. The number of aliphatic hydroxyl groups excluding tert-OH is 7. The molecule has 0 radical (unpaired) electrons. The van der Waals surface area contributed by atoms with Crippen LogP contribution in [0.2, 0.25) is 0 Å². The zero-order valence-electron chi connectivity index (χ0n) is 39.1. The number of amides is 2. The van der Waals surface area contributed by atoms with E-state index in [9.17, 15) is 79.8 Å². The highest BCUT2D eigenvalue weighted by molar-refractivity contribution is 6.26. The van der Waals surface area contributed by atoms with Crippen LogP contribution in [0.1, 0.15) is 54.9 Å². The van der Waals surface area contributed by atoms with Crippen LogP contribution in [-0.2, 0) is 28.8 Å². The van der Waals surface area contributed by atoms with Gasteiger partial charge in [0, 0.05) is 29.6 Å². The van der Waals surface area contributed by atoms with Crippen LogP contribution in [0.5, 0.6) is 11.5 Å². The van der Waals surface area contributed by atoms with Crippen molar-refractivity contribution in [1.82, 2.24) is 9.80 Å². The van der Waals surface area contributed by atoms with Gasteiger partial charge in [0.15, 0.2) is 22.8 Å². The Morgan fingerprint density at radius 3 is 1.14 bits per heavy atom. The molecule has 2 fully saturated rings. The van der Waals surface area contributed by atoms with Crippen molar-refractivity contribution in [3.8, 4) is 11.5 Å². The Balaban J connectivity index is 0.000000438. The SMILES string of the molecule is CCO.C[C@H]1c2cccc(O)c2C(O)=C2C(=O)[C@]3(O)C(O)=C(C(N)=O)C(=O)[C@@H](N(C)C)[C@@H]3[C@@H](O)[C@@H]21.C[C@H]1c2cccc(O)c2C(O)=C2C(=O)[C@]3(O)C(O)=C(C(N)=O)C(=O)[C@@H](N(C)C)[C@@H]3[C@@H](O)[C@@H]21.Cl.Cl.Cl.O. The monoisotopic (exact) mass is 1060 g/mol. The van der Waals surface area contributed by atoms with Gasteiger partial charge in [-0.2, -0.15) is 0 Å². The molecule has 6 aliphatic rings. The molecule has 12 atom stereocenters. The Morgan fingerprint density at radius 1 is 0.606 bits per heavy atom. The highest BCUT2D eigenvalue weighted by atomic mass is 35.5. The van der Waals surface area contributed by atoms with Crippen molar-refractivity contribution >= 4 is 83.7 Å². The number of halogens is 3. The van der Waals surface area contributed by atoms with Crippen molar-refractivity contribution in [2.45, 2.75) is 68.1 Å². The van der Waals surface area contributed by atoms with Gasteiger partial charge in [-0.1, -0.05) is 38.1 Å². The topological polar surface area (TPSA) is 415 Å². The maximum atomic E-state index is 13.7. The highest BCUT2D eigenvalue weighted by Crippen LogP contribution is 2.58. The Bertz CT molecular complexity index is 2490. The van der Waals surface area contributed by atoms with Crippen LogP contribution in [0, 0.1) is 23.7 Å². The zero-order chi connectivity index (χ0) is 50.4. The van der Waals surface area contributed by atoms with Gasteiger partial charge in [0.25, 0.3) is 11.8 Å². The maximum absolute atomic E-state index is 13.7. The molecule has 392 valence electrons. The third-order valence-corrected chi connectivity index (χ3v) is 14.0. The van der Waals surface area contributed by atoms with Crippen LogP contribution in [0.4, 0.5) is 0 Å². The predicted molar refractivity (Wildman–Crippen MR) is 259 cm³/mol. The molecule has 22 nitrogen and oxygen atoms in total. The number of likely N-dealkylation sites (N-methyl/N-ethyl adjacent to an activating group) is 2. The van der Waals surface area contributed by atoms with Crippen molar-refractivity contribution in [1.29, 1.82) is 0 Å². The standard InChI is InChI=1S/2C22H24N2O8.C2H6O.3ClH.H2O/c2*1-7-8-5-4-6-9(25)11(8)16(26)12-10(7)17(27)14-15(24(2)3)18(28)13(21(23)31)20(30)22(14,32)19(12)29;1-2-3;;;;/h2*4-7,10,14-15,17,25-27,30,32H,1-3H3,(H2,23,31);3H,2H2,1H3;3*1H;1H2/t2*7-,10+,14+,15-,17-,22-;;;;;/m00...../s1. The highest BCUT2D eigenvalue weighted by Gasteiger charge is 2.70. The molecule has 0 unspecified atom stereocenters. The number of benzene rings is 2. The molecule has 2 aromatic carbocycles. The first-order valence-electron chi connectivity index (χ1n) is 21.1. The normalized spacial score (nSPS) is 31.2. The summed E-state index contributed by atoms with van der Waals surface area (Å²) in [5, 5.41) is 117. The molecule has 71 heavy (non-hydrogen) atoms. The molecule has 0 bridgehead atoms. The largest absolute Gasteiger partial charge is 0.508 e. The lowest BCUT2D eigenvalue weighted by Gasteiger charge is -2.53. The first kappa shape index (κ1) is 61.5. The number of Topliss-reactive ketones (excluding diaryl/α,β-unsaturated/α-hetero) is 4. The van der Waals surface area contributed by atoms with E-state index in [1.807, 2.05) is 0 Å². The number of nitrogens with zero attached hydrogens (tertiary/aromatic N) is 2. The van der Waals surface area contributed by atoms with Crippen LogP contribution in [0.25, 0.3) is 11.5 Å². The van der Waals surface area contributed by atoms with Gasteiger partial charge in [0.1, 0.15) is 45.7 Å². The van der Waals surface area contributed by atoms with Gasteiger partial charge in [0.05, 0.1) is 47.3 Å². The lowest BCUT2D eigenvalue weighted by molar-refractivity contribution is -0.170. The van der Waals surface area contributed by atoms with E-state index in [0.29, 0.717) is 11.1 Å². The lowest BCUT2D eigenvalue weighted by Crippen LogP contribution is -2.70. The molecule has 0 saturated heterocycles. The molecule has 17 N–H and O–H groups in total. The van der Waals surface area contributed by atoms with Crippen LogP contribution in [0.15, 0.2) is 70.2 Å². The van der Waals surface area contributed by atoms with E-state index in [1.54, 1.807) is 45.0 Å². The number of hydrogen-bond donors (Lipinski definition) is 13. The third kappa shape index (κ3) is 8.63. The molecular formula is C46H59Cl3N4O18. The first-order valence-corrected chi connectivity index (χ1v) is 21.1. The van der Waals surface area contributed by atoms with Crippen LogP contribution >= 0.6 is 37.2 Å². The molecule has 0 spiro atoms. The average Bonchev–Trinajstić information content (AvgIpc) is 3.23. The summed E-state index contributed by atoms with van der Waals surface area (Å²) in [6, 6.07) is 6.26. The van der Waals surface area contributed by atoms with Gasteiger partial charge in [0.2, 0.25) is 11.6 Å². The number of aromatic hydroxyl groups is 2. The minimum Gasteiger partial charge on any atom is -0.508 e. The summed E-state index contributed by atoms with van der Waals surface area (Å²) >= 11 is 0. The van der Waals surface area contributed by atoms with E-state index in [4.69, 9.17) is 16.6 Å². The Kier molecular flexibility index (Phi) is 18.7. The fourth-order valence-corrected chi connectivity index (χ4v) is 11.2. The third-order valence-electron chi connectivity index (χ3n) is 14.0. The number of fused-ring (bicyclic) bond motifs is 6. The van der Waals surface area contributed by atoms with Gasteiger partial charge in [-0.15, -0.1) is 37.2 Å². The van der Waals surface area contributed by atoms with Crippen molar-refractivity contribution in [3.05, 3.63) is 92.5 Å². The van der Waals surface area contributed by atoms with Crippen molar-refractivity contribution < 1.29 is 90.4 Å². The van der Waals surface area contributed by atoms with Crippen molar-refractivity contribution in [3.63, 3.8) is 0 Å². The van der Waals surface area contributed by atoms with Gasteiger partial charge >= 0.3 is 0 Å². The summed E-state index contributed by atoms with van der Waals surface area (Å²) in [7, 11) is 5.84. The van der Waals surface area contributed by atoms with Crippen molar-refractivity contribution in [2.75, 3.05) is 34.8 Å². The van der Waals surface area contributed by atoms with Crippen LogP contribution < -0.4 is 11.5 Å². The minimum absolute atomic E-state index is 0. The zero-order valence-corrected chi connectivity index (χ0v) is 41.5. The van der Waals surface area contributed by atoms with Gasteiger partial charge in [-0.05, 0) is 70.2 Å². The second-order valence-electron chi connectivity index (χ2n) is 17.9. The molecule has 2 amide bonds. The molecule has 2 saturated carbocycles. The van der Waals surface area contributed by atoms with E-state index < -0.39 is 151 Å². The molecule has 2 aromatic rings. The van der Waals surface area contributed by atoms with Gasteiger partial charge in [-0.3, -0.25) is 38.6 Å². The lowest BCUT2D eigenvalue weighted by atomic mass is 9.54. The molecule has 25 heteroatoms. The van der Waals surface area contributed by atoms with Crippen LogP contribution in [0.3, 0.4) is 0 Å². The van der Waals surface area contributed by atoms with Crippen molar-refractivity contribution in [2.24, 2.45) is 35.1 Å². The average molecular weight is 1060 g/mol. The fourth-order valence-electron chi connectivity index (χ4n) is 11.2. The predicted octanol–water partition coefficient (Wildman–Crippen LogP) is -0.569. The van der Waals surface area contributed by atoms with E-state index in [2.05, 4.69) is 0 Å². The van der Waals surface area contributed by atoms with Gasteiger partial charge < -0.3 is 73.1 Å². The number of phenols is 2. The summed E-state index contributed by atoms with van der Waals surface area (Å²) in [4.78, 5) is 79.9. The Hall–Kier alpha value is -5.63.